The third-order valence-corrected chi connectivity index (χ3v) is 5.29. The average molecular weight is 355 g/mol. The number of carboxylic acids is 1. The van der Waals surface area contributed by atoms with Crippen molar-refractivity contribution in [2.75, 3.05) is 0 Å². The lowest BCUT2D eigenvalue weighted by Crippen LogP contribution is -2.47. The smallest absolute Gasteiger partial charge is 0.305 e. The highest BCUT2D eigenvalue weighted by atomic mass is 16.4. The number of nitrogens with one attached hydrogen (secondary N) is 1. The van der Waals surface area contributed by atoms with Gasteiger partial charge >= 0.3 is 5.97 Å². The summed E-state index contributed by atoms with van der Waals surface area (Å²) in [5.74, 6) is -1.05. The number of aryl methyl sites for hydroxylation is 1. The minimum atomic E-state index is -0.868. The molecule has 6 heteroatoms. The van der Waals surface area contributed by atoms with Gasteiger partial charge in [0.1, 0.15) is 0 Å². The molecule has 1 aliphatic carbocycles. The molecule has 3 rings (SSSR count). The molecule has 1 saturated carbocycles. The van der Waals surface area contributed by atoms with E-state index in [0.717, 1.165) is 42.8 Å². The maximum atomic E-state index is 12.9. The first kappa shape index (κ1) is 18.2. The van der Waals surface area contributed by atoms with Gasteiger partial charge < -0.3 is 15.0 Å². The molecule has 1 aliphatic rings. The Kier molecular flexibility index (Phi) is 5.11. The normalized spacial score (nSPS) is 15.8. The SMILES string of the molecule is Cc1cc(C(=O)NC2(CC(=O)O)CCCC2)c(C)n1Cc1ccccn1. The molecular weight excluding hydrogens is 330 g/mol. The van der Waals surface area contributed by atoms with E-state index < -0.39 is 11.5 Å². The molecule has 0 aliphatic heterocycles. The first-order valence-electron chi connectivity index (χ1n) is 9.01. The van der Waals surface area contributed by atoms with Crippen LogP contribution in [0, 0.1) is 13.8 Å². The Morgan fingerprint density at radius 1 is 1.27 bits per heavy atom. The lowest BCUT2D eigenvalue weighted by molar-refractivity contribution is -0.138. The van der Waals surface area contributed by atoms with Crippen molar-refractivity contribution < 1.29 is 14.7 Å². The number of pyridine rings is 1. The molecular formula is C20H25N3O3. The summed E-state index contributed by atoms with van der Waals surface area (Å²) in [5.41, 5.74) is 2.77. The molecule has 1 fully saturated rings. The van der Waals surface area contributed by atoms with Crippen molar-refractivity contribution in [1.29, 1.82) is 0 Å². The fourth-order valence-corrected chi connectivity index (χ4v) is 3.92. The molecule has 1 amide bonds. The molecule has 0 unspecified atom stereocenters. The molecule has 2 N–H and O–H groups in total. The van der Waals surface area contributed by atoms with E-state index in [4.69, 9.17) is 0 Å². The second-order valence-corrected chi connectivity index (χ2v) is 7.20. The lowest BCUT2D eigenvalue weighted by atomic mass is 9.92. The molecule has 0 aromatic carbocycles. The van der Waals surface area contributed by atoms with E-state index in [1.165, 1.54) is 0 Å². The highest BCUT2D eigenvalue weighted by molar-refractivity contribution is 5.96. The molecule has 26 heavy (non-hydrogen) atoms. The quantitative estimate of drug-likeness (QED) is 0.834. The van der Waals surface area contributed by atoms with E-state index in [-0.39, 0.29) is 12.3 Å². The van der Waals surface area contributed by atoms with Crippen LogP contribution >= 0.6 is 0 Å². The van der Waals surface area contributed by atoms with E-state index in [1.807, 2.05) is 38.1 Å². The largest absolute Gasteiger partial charge is 0.481 e. The minimum absolute atomic E-state index is 0.0224. The maximum Gasteiger partial charge on any atom is 0.305 e. The molecule has 0 radical (unpaired) electrons. The Bertz CT molecular complexity index is 805. The number of carbonyl (C=O) groups excluding carboxylic acids is 1. The predicted molar refractivity (Wildman–Crippen MR) is 98.2 cm³/mol. The number of nitrogens with zero attached hydrogens (tertiary/aromatic N) is 2. The number of carboxylic acid groups (broad SMARTS) is 1. The van der Waals surface area contributed by atoms with E-state index in [1.54, 1.807) is 6.20 Å². The van der Waals surface area contributed by atoms with Gasteiger partial charge in [-0.1, -0.05) is 18.9 Å². The zero-order valence-electron chi connectivity index (χ0n) is 15.3. The molecule has 2 heterocycles. The van der Waals surface area contributed by atoms with E-state index >= 15 is 0 Å². The first-order valence-corrected chi connectivity index (χ1v) is 9.01. The zero-order chi connectivity index (χ0) is 18.7. The highest BCUT2D eigenvalue weighted by Gasteiger charge is 2.38. The molecule has 0 saturated heterocycles. The van der Waals surface area contributed by atoms with Crippen molar-refractivity contribution in [3.63, 3.8) is 0 Å². The highest BCUT2D eigenvalue weighted by Crippen LogP contribution is 2.33. The second kappa shape index (κ2) is 7.32. The Balaban J connectivity index is 1.81. The predicted octanol–water partition coefficient (Wildman–Crippen LogP) is 3.07. The first-order chi connectivity index (χ1) is 12.4. The summed E-state index contributed by atoms with van der Waals surface area (Å²) in [5, 5.41) is 12.3. The van der Waals surface area contributed by atoms with Crippen LogP contribution in [-0.4, -0.2) is 32.1 Å². The second-order valence-electron chi connectivity index (χ2n) is 7.20. The number of carbonyl (C=O) groups is 2. The standard InChI is InChI=1S/C20H25N3O3/c1-14-11-17(15(2)23(14)13-16-7-3-6-10-21-16)19(26)22-20(12-18(24)25)8-4-5-9-20/h3,6-7,10-11H,4-5,8-9,12-13H2,1-2H3,(H,22,26)(H,24,25). The molecule has 0 spiro atoms. The van der Waals surface area contributed by atoms with Crippen molar-refractivity contribution in [2.24, 2.45) is 0 Å². The number of hydrogen-bond donors (Lipinski definition) is 2. The average Bonchev–Trinajstić information content (AvgIpc) is 3.15. The molecule has 2 aromatic heterocycles. The van der Waals surface area contributed by atoms with Gasteiger partial charge in [0, 0.05) is 17.6 Å². The van der Waals surface area contributed by atoms with Gasteiger partial charge in [0.05, 0.1) is 29.8 Å². The summed E-state index contributed by atoms with van der Waals surface area (Å²) < 4.78 is 2.07. The van der Waals surface area contributed by atoms with Gasteiger partial charge in [-0.2, -0.15) is 0 Å². The summed E-state index contributed by atoms with van der Waals surface area (Å²) in [6.07, 6.45) is 5.08. The summed E-state index contributed by atoms with van der Waals surface area (Å²) in [6, 6.07) is 7.65. The van der Waals surface area contributed by atoms with Crippen molar-refractivity contribution in [1.82, 2.24) is 14.9 Å². The van der Waals surface area contributed by atoms with Crippen LogP contribution < -0.4 is 5.32 Å². The van der Waals surface area contributed by atoms with Gasteiger partial charge in [-0.15, -0.1) is 0 Å². The maximum absolute atomic E-state index is 12.9. The molecule has 0 atom stereocenters. The summed E-state index contributed by atoms with van der Waals surface area (Å²) in [6.45, 7) is 4.49. The van der Waals surface area contributed by atoms with Crippen molar-refractivity contribution in [3.05, 3.63) is 53.1 Å². The number of amides is 1. The van der Waals surface area contributed by atoms with Crippen molar-refractivity contribution >= 4 is 11.9 Å². The molecule has 2 aromatic rings. The van der Waals surface area contributed by atoms with Crippen LogP contribution in [0.4, 0.5) is 0 Å². The van der Waals surface area contributed by atoms with E-state index in [9.17, 15) is 14.7 Å². The van der Waals surface area contributed by atoms with Gasteiger partial charge in [0.2, 0.25) is 0 Å². The summed E-state index contributed by atoms with van der Waals surface area (Å²) in [4.78, 5) is 28.5. The van der Waals surface area contributed by atoms with E-state index in [2.05, 4.69) is 14.9 Å². The molecule has 0 bridgehead atoms. The number of aromatic nitrogens is 2. The van der Waals surface area contributed by atoms with Crippen LogP contribution in [0.2, 0.25) is 0 Å². The zero-order valence-corrected chi connectivity index (χ0v) is 15.3. The topological polar surface area (TPSA) is 84.2 Å². The monoisotopic (exact) mass is 355 g/mol. The van der Waals surface area contributed by atoms with Crippen LogP contribution in [0.3, 0.4) is 0 Å². The van der Waals surface area contributed by atoms with Gasteiger partial charge in [-0.3, -0.25) is 14.6 Å². The third kappa shape index (κ3) is 3.79. The van der Waals surface area contributed by atoms with Crippen LogP contribution in [0.1, 0.15) is 59.5 Å². The Hall–Kier alpha value is -2.63. The van der Waals surface area contributed by atoms with E-state index in [0.29, 0.717) is 12.1 Å². The fraction of sp³-hybridized carbons (Fsp3) is 0.450. The van der Waals surface area contributed by atoms with Gasteiger partial charge in [0.15, 0.2) is 0 Å². The fourth-order valence-electron chi connectivity index (χ4n) is 3.92. The number of hydrogen-bond acceptors (Lipinski definition) is 3. The van der Waals surface area contributed by atoms with Crippen LogP contribution in [0.5, 0.6) is 0 Å². The lowest BCUT2D eigenvalue weighted by Gasteiger charge is -2.28. The van der Waals surface area contributed by atoms with Crippen molar-refractivity contribution in [3.8, 4) is 0 Å². The van der Waals surface area contributed by atoms with Crippen LogP contribution in [0.25, 0.3) is 0 Å². The number of rotatable bonds is 6. The molecule has 138 valence electrons. The van der Waals surface area contributed by atoms with Gasteiger partial charge in [0.25, 0.3) is 5.91 Å². The Morgan fingerprint density at radius 3 is 2.62 bits per heavy atom. The van der Waals surface area contributed by atoms with Crippen LogP contribution in [0.15, 0.2) is 30.5 Å². The van der Waals surface area contributed by atoms with Gasteiger partial charge in [-0.25, -0.2) is 0 Å². The minimum Gasteiger partial charge on any atom is -0.481 e. The Morgan fingerprint density at radius 2 is 2.00 bits per heavy atom. The number of aliphatic carboxylic acids is 1. The van der Waals surface area contributed by atoms with Crippen molar-refractivity contribution in [2.45, 2.75) is 58.0 Å². The van der Waals surface area contributed by atoms with Crippen LogP contribution in [-0.2, 0) is 11.3 Å². The third-order valence-electron chi connectivity index (χ3n) is 5.29. The summed E-state index contributed by atoms with van der Waals surface area (Å²) in [7, 11) is 0. The molecule has 6 nitrogen and oxygen atoms in total. The Labute approximate surface area is 153 Å². The van der Waals surface area contributed by atoms with Gasteiger partial charge in [-0.05, 0) is 44.9 Å². The summed E-state index contributed by atoms with van der Waals surface area (Å²) >= 11 is 0.